The van der Waals surface area contributed by atoms with E-state index in [1.54, 1.807) is 25.1 Å². The predicted octanol–water partition coefficient (Wildman–Crippen LogP) is 3.50. The summed E-state index contributed by atoms with van der Waals surface area (Å²) >= 11 is 3.32. The number of hydrogen-bond acceptors (Lipinski definition) is 3. The van der Waals surface area contributed by atoms with Crippen LogP contribution in [-0.4, -0.2) is 11.6 Å². The minimum Gasteiger partial charge on any atom is -0.460 e. The van der Waals surface area contributed by atoms with Gasteiger partial charge in [0.25, 0.3) is 5.91 Å². The summed E-state index contributed by atoms with van der Waals surface area (Å²) in [5.74, 6) is 1.18. The third-order valence-corrected chi connectivity index (χ3v) is 3.23. The number of hydrogen-bond donors (Lipinski definition) is 1. The van der Waals surface area contributed by atoms with Gasteiger partial charge in [0.15, 0.2) is 0 Å². The Morgan fingerprint density at radius 3 is 2.63 bits per heavy atom. The SMILES string of the molecule is C/C(=N/NC(=O)c1ccccc1Br)c1ccc(C)o1. The van der Waals surface area contributed by atoms with Gasteiger partial charge in [-0.3, -0.25) is 4.79 Å². The zero-order valence-electron chi connectivity index (χ0n) is 10.6. The number of amides is 1. The zero-order valence-corrected chi connectivity index (χ0v) is 12.2. The summed E-state index contributed by atoms with van der Waals surface area (Å²) in [6.07, 6.45) is 0. The van der Waals surface area contributed by atoms with Crippen LogP contribution in [0.3, 0.4) is 0 Å². The number of nitrogens with zero attached hydrogens (tertiary/aromatic N) is 1. The van der Waals surface area contributed by atoms with E-state index < -0.39 is 0 Å². The normalized spacial score (nSPS) is 11.4. The molecule has 5 heteroatoms. The third-order valence-electron chi connectivity index (χ3n) is 2.54. The van der Waals surface area contributed by atoms with Crippen LogP contribution in [0.4, 0.5) is 0 Å². The number of aryl methyl sites for hydroxylation is 1. The average molecular weight is 321 g/mol. The molecule has 0 fully saturated rings. The molecular weight excluding hydrogens is 308 g/mol. The lowest BCUT2D eigenvalue weighted by Gasteiger charge is -2.03. The van der Waals surface area contributed by atoms with Gasteiger partial charge < -0.3 is 4.42 Å². The molecule has 0 saturated carbocycles. The number of carbonyl (C=O) groups is 1. The van der Waals surface area contributed by atoms with E-state index in [0.717, 1.165) is 10.2 Å². The molecule has 0 bridgehead atoms. The summed E-state index contributed by atoms with van der Waals surface area (Å²) < 4.78 is 6.15. The highest BCUT2D eigenvalue weighted by molar-refractivity contribution is 9.10. The topological polar surface area (TPSA) is 54.6 Å². The molecule has 0 radical (unpaired) electrons. The van der Waals surface area contributed by atoms with Crippen molar-refractivity contribution in [3.05, 3.63) is 58.0 Å². The number of halogens is 1. The predicted molar refractivity (Wildman–Crippen MR) is 77.3 cm³/mol. The van der Waals surface area contributed by atoms with Crippen LogP contribution in [0.25, 0.3) is 0 Å². The fraction of sp³-hybridized carbons (Fsp3) is 0.143. The lowest BCUT2D eigenvalue weighted by molar-refractivity contribution is 0.0954. The molecule has 0 spiro atoms. The van der Waals surface area contributed by atoms with Crippen molar-refractivity contribution in [2.45, 2.75) is 13.8 Å². The summed E-state index contributed by atoms with van der Waals surface area (Å²) in [5, 5.41) is 4.03. The van der Waals surface area contributed by atoms with Gasteiger partial charge in [-0.1, -0.05) is 12.1 Å². The van der Waals surface area contributed by atoms with Gasteiger partial charge in [0, 0.05) is 4.47 Å². The molecule has 1 amide bonds. The van der Waals surface area contributed by atoms with E-state index in [9.17, 15) is 4.79 Å². The summed E-state index contributed by atoms with van der Waals surface area (Å²) in [6, 6.07) is 10.8. The maximum absolute atomic E-state index is 11.9. The first-order valence-corrected chi connectivity index (χ1v) is 6.53. The number of nitrogens with one attached hydrogen (secondary N) is 1. The third kappa shape index (κ3) is 3.32. The number of rotatable bonds is 3. The Bertz CT molecular complexity index is 632. The highest BCUT2D eigenvalue weighted by atomic mass is 79.9. The maximum atomic E-state index is 11.9. The van der Waals surface area contributed by atoms with Crippen molar-refractivity contribution in [3.63, 3.8) is 0 Å². The molecule has 1 N–H and O–H groups in total. The fourth-order valence-electron chi connectivity index (χ4n) is 1.52. The second-order valence-electron chi connectivity index (χ2n) is 4.03. The van der Waals surface area contributed by atoms with Crippen LogP contribution < -0.4 is 5.43 Å². The Kier molecular flexibility index (Phi) is 4.16. The smallest absolute Gasteiger partial charge is 0.272 e. The Morgan fingerprint density at radius 2 is 2.00 bits per heavy atom. The van der Waals surface area contributed by atoms with Crippen LogP contribution in [0.2, 0.25) is 0 Å². The Balaban J connectivity index is 2.10. The molecule has 4 nitrogen and oxygen atoms in total. The van der Waals surface area contributed by atoms with E-state index in [0.29, 0.717) is 17.0 Å². The Labute approximate surface area is 119 Å². The second kappa shape index (κ2) is 5.84. The number of benzene rings is 1. The molecule has 0 unspecified atom stereocenters. The van der Waals surface area contributed by atoms with Crippen molar-refractivity contribution in [2.75, 3.05) is 0 Å². The number of carbonyl (C=O) groups excluding carboxylic acids is 1. The van der Waals surface area contributed by atoms with E-state index in [-0.39, 0.29) is 5.91 Å². The number of furan rings is 1. The largest absolute Gasteiger partial charge is 0.460 e. The van der Waals surface area contributed by atoms with E-state index >= 15 is 0 Å². The monoisotopic (exact) mass is 320 g/mol. The fourth-order valence-corrected chi connectivity index (χ4v) is 1.99. The van der Waals surface area contributed by atoms with Gasteiger partial charge in [-0.2, -0.15) is 5.10 Å². The average Bonchev–Trinajstić information content (AvgIpc) is 2.83. The van der Waals surface area contributed by atoms with Crippen LogP contribution in [0, 0.1) is 6.92 Å². The van der Waals surface area contributed by atoms with Gasteiger partial charge in [-0.15, -0.1) is 0 Å². The van der Waals surface area contributed by atoms with Gasteiger partial charge in [-0.05, 0) is 54.0 Å². The van der Waals surface area contributed by atoms with Crippen LogP contribution in [0.1, 0.15) is 28.8 Å². The standard InChI is InChI=1S/C14H13BrN2O2/c1-9-7-8-13(19-9)10(2)16-17-14(18)11-5-3-4-6-12(11)15/h3-8H,1-2H3,(H,17,18)/b16-10-. The Hall–Kier alpha value is -1.88. The number of hydrazone groups is 1. The molecular formula is C14H13BrN2O2. The molecule has 0 aliphatic carbocycles. The molecule has 2 aromatic rings. The van der Waals surface area contributed by atoms with Crippen molar-refractivity contribution in [2.24, 2.45) is 5.10 Å². The van der Waals surface area contributed by atoms with E-state index in [2.05, 4.69) is 26.5 Å². The van der Waals surface area contributed by atoms with Gasteiger partial charge in [0.2, 0.25) is 0 Å². The molecule has 1 aromatic heterocycles. The van der Waals surface area contributed by atoms with Crippen LogP contribution in [-0.2, 0) is 0 Å². The first-order chi connectivity index (χ1) is 9.08. The molecule has 19 heavy (non-hydrogen) atoms. The van der Waals surface area contributed by atoms with Crippen molar-refractivity contribution < 1.29 is 9.21 Å². The Morgan fingerprint density at radius 1 is 1.26 bits per heavy atom. The minimum atomic E-state index is -0.268. The lowest BCUT2D eigenvalue weighted by Crippen LogP contribution is -2.19. The van der Waals surface area contributed by atoms with E-state index in [1.807, 2.05) is 25.1 Å². The highest BCUT2D eigenvalue weighted by Gasteiger charge is 2.09. The molecule has 2 rings (SSSR count). The van der Waals surface area contributed by atoms with Crippen molar-refractivity contribution in [3.8, 4) is 0 Å². The summed E-state index contributed by atoms with van der Waals surface area (Å²) in [5.41, 5.74) is 3.66. The highest BCUT2D eigenvalue weighted by Crippen LogP contribution is 2.15. The van der Waals surface area contributed by atoms with E-state index in [4.69, 9.17) is 4.42 Å². The first kappa shape index (κ1) is 13.5. The molecule has 98 valence electrons. The minimum absolute atomic E-state index is 0.268. The molecule has 1 aromatic carbocycles. The summed E-state index contributed by atoms with van der Waals surface area (Å²) in [4.78, 5) is 11.9. The van der Waals surface area contributed by atoms with Gasteiger partial charge in [-0.25, -0.2) is 5.43 Å². The molecule has 0 atom stereocenters. The van der Waals surface area contributed by atoms with Crippen LogP contribution >= 0.6 is 15.9 Å². The van der Waals surface area contributed by atoms with E-state index in [1.165, 1.54) is 0 Å². The molecule has 0 aliphatic rings. The maximum Gasteiger partial charge on any atom is 0.272 e. The lowest BCUT2D eigenvalue weighted by atomic mass is 10.2. The molecule has 0 aliphatic heterocycles. The summed E-state index contributed by atoms with van der Waals surface area (Å²) in [7, 11) is 0. The molecule has 1 heterocycles. The van der Waals surface area contributed by atoms with Crippen molar-refractivity contribution in [1.29, 1.82) is 0 Å². The quantitative estimate of drug-likeness (QED) is 0.695. The van der Waals surface area contributed by atoms with Crippen molar-refractivity contribution in [1.82, 2.24) is 5.43 Å². The summed E-state index contributed by atoms with van der Waals surface area (Å²) in [6.45, 7) is 3.63. The first-order valence-electron chi connectivity index (χ1n) is 5.74. The van der Waals surface area contributed by atoms with Crippen LogP contribution in [0.5, 0.6) is 0 Å². The van der Waals surface area contributed by atoms with Gasteiger partial charge in [0.1, 0.15) is 17.2 Å². The van der Waals surface area contributed by atoms with Crippen LogP contribution in [0.15, 0.2) is 50.4 Å². The van der Waals surface area contributed by atoms with Gasteiger partial charge in [0.05, 0.1) is 5.56 Å². The zero-order chi connectivity index (χ0) is 13.8. The van der Waals surface area contributed by atoms with Crippen molar-refractivity contribution >= 4 is 27.5 Å². The second-order valence-corrected chi connectivity index (χ2v) is 4.88. The molecule has 0 saturated heterocycles. The van der Waals surface area contributed by atoms with Gasteiger partial charge >= 0.3 is 0 Å².